The topological polar surface area (TPSA) is 72.9 Å². The number of hydrogen-bond acceptors (Lipinski definition) is 3. The lowest BCUT2D eigenvalue weighted by molar-refractivity contribution is -0.119. The van der Waals surface area contributed by atoms with E-state index in [9.17, 15) is 4.79 Å². The summed E-state index contributed by atoms with van der Waals surface area (Å²) >= 11 is 0. The molecule has 0 aromatic carbocycles. The van der Waals surface area contributed by atoms with Crippen LogP contribution in [0.4, 0.5) is 5.82 Å². The Morgan fingerprint density at radius 1 is 1.41 bits per heavy atom. The fourth-order valence-electron chi connectivity index (χ4n) is 1.30. The molecule has 0 saturated carbocycles. The summed E-state index contributed by atoms with van der Waals surface area (Å²) in [5, 5.41) is 6.98. The normalized spacial score (nSPS) is 14.0. The van der Waals surface area contributed by atoms with Crippen molar-refractivity contribution >= 4 is 24.1 Å². The van der Waals surface area contributed by atoms with Crippen molar-refractivity contribution in [3.05, 3.63) is 12.3 Å². The third-order valence-electron chi connectivity index (χ3n) is 2.61. The van der Waals surface area contributed by atoms with Crippen LogP contribution in [-0.4, -0.2) is 21.7 Å². The second-order valence-electron chi connectivity index (χ2n) is 4.39. The maximum atomic E-state index is 11.8. The van der Waals surface area contributed by atoms with Crippen LogP contribution in [0.1, 0.15) is 33.7 Å². The van der Waals surface area contributed by atoms with E-state index in [4.69, 9.17) is 5.73 Å². The van der Waals surface area contributed by atoms with Crippen LogP contribution in [-0.2, 0) is 4.79 Å². The van der Waals surface area contributed by atoms with Crippen LogP contribution in [0.15, 0.2) is 12.3 Å². The third-order valence-corrected chi connectivity index (χ3v) is 2.61. The molecule has 2 atom stereocenters. The molecule has 1 aromatic heterocycles. The first-order valence-electron chi connectivity index (χ1n) is 5.53. The van der Waals surface area contributed by atoms with Gasteiger partial charge in [-0.3, -0.25) is 4.79 Å². The van der Waals surface area contributed by atoms with Crippen molar-refractivity contribution in [2.45, 2.75) is 39.8 Å². The van der Waals surface area contributed by atoms with Crippen LogP contribution < -0.4 is 11.1 Å². The summed E-state index contributed by atoms with van der Waals surface area (Å²) in [5.74, 6) is 0.431. The highest BCUT2D eigenvalue weighted by atomic mass is 35.5. The highest BCUT2D eigenvalue weighted by molar-refractivity contribution is 5.91. The van der Waals surface area contributed by atoms with Crippen molar-refractivity contribution in [2.24, 2.45) is 11.7 Å². The predicted molar refractivity (Wildman–Crippen MR) is 71.3 cm³/mol. The van der Waals surface area contributed by atoms with E-state index in [1.165, 1.54) is 0 Å². The van der Waals surface area contributed by atoms with Crippen LogP contribution in [0.25, 0.3) is 0 Å². The number of aromatic nitrogens is 2. The summed E-state index contributed by atoms with van der Waals surface area (Å²) in [4.78, 5) is 11.8. The minimum Gasteiger partial charge on any atom is -0.327 e. The molecule has 0 aliphatic rings. The second kappa shape index (κ2) is 6.61. The van der Waals surface area contributed by atoms with Gasteiger partial charge in [0.1, 0.15) is 5.82 Å². The van der Waals surface area contributed by atoms with Crippen LogP contribution in [0, 0.1) is 5.92 Å². The molecule has 1 rings (SSSR count). The van der Waals surface area contributed by atoms with Gasteiger partial charge in [-0.25, -0.2) is 4.68 Å². The molecule has 0 radical (unpaired) electrons. The molecule has 0 saturated heterocycles. The zero-order valence-corrected chi connectivity index (χ0v) is 11.5. The second-order valence-corrected chi connectivity index (χ2v) is 4.39. The minimum atomic E-state index is -0.212. The van der Waals surface area contributed by atoms with Crippen molar-refractivity contribution in [1.82, 2.24) is 9.78 Å². The van der Waals surface area contributed by atoms with E-state index in [2.05, 4.69) is 10.4 Å². The van der Waals surface area contributed by atoms with Crippen molar-refractivity contribution in [3.8, 4) is 0 Å². The van der Waals surface area contributed by atoms with Gasteiger partial charge in [0.25, 0.3) is 0 Å². The van der Waals surface area contributed by atoms with Crippen LogP contribution in [0.3, 0.4) is 0 Å². The lowest BCUT2D eigenvalue weighted by atomic mass is 10.0. The van der Waals surface area contributed by atoms with Crippen molar-refractivity contribution in [2.75, 3.05) is 5.32 Å². The van der Waals surface area contributed by atoms with Gasteiger partial charge in [-0.2, -0.15) is 5.10 Å². The van der Waals surface area contributed by atoms with Gasteiger partial charge in [0.05, 0.1) is 12.1 Å². The quantitative estimate of drug-likeness (QED) is 0.867. The zero-order chi connectivity index (χ0) is 12.3. The number of nitrogens with zero attached hydrogens (tertiary/aromatic N) is 2. The van der Waals surface area contributed by atoms with Crippen molar-refractivity contribution in [1.29, 1.82) is 0 Å². The van der Waals surface area contributed by atoms with Gasteiger partial charge in [-0.15, -0.1) is 12.4 Å². The van der Waals surface area contributed by atoms with E-state index in [0.717, 1.165) is 0 Å². The smallest absolute Gasteiger partial charge is 0.229 e. The van der Waals surface area contributed by atoms with E-state index < -0.39 is 0 Å². The van der Waals surface area contributed by atoms with Crippen LogP contribution in [0.2, 0.25) is 0 Å². The lowest BCUT2D eigenvalue weighted by Crippen LogP contribution is -2.34. The van der Waals surface area contributed by atoms with Gasteiger partial charge in [-0.05, 0) is 20.8 Å². The van der Waals surface area contributed by atoms with E-state index in [1.807, 2.05) is 27.7 Å². The number of nitrogens with one attached hydrogen (secondary N) is 1. The fraction of sp³-hybridized carbons (Fsp3) is 0.636. The molecule has 1 heterocycles. The number of nitrogens with two attached hydrogens (primary N) is 1. The molecule has 1 aromatic rings. The van der Waals surface area contributed by atoms with Gasteiger partial charge in [0.15, 0.2) is 0 Å². The molecule has 0 spiro atoms. The Hall–Kier alpha value is -1.07. The molecule has 98 valence electrons. The number of carbonyl (C=O) groups excluding carboxylic acids is 1. The van der Waals surface area contributed by atoms with Crippen LogP contribution >= 0.6 is 12.4 Å². The summed E-state index contributed by atoms with van der Waals surface area (Å²) in [7, 11) is 0. The average molecular weight is 261 g/mol. The number of hydrogen-bond donors (Lipinski definition) is 2. The molecule has 5 nitrogen and oxygen atoms in total. The molecular weight excluding hydrogens is 240 g/mol. The molecule has 3 N–H and O–H groups in total. The Bertz CT molecular complexity index is 362. The number of halogens is 1. The first-order valence-corrected chi connectivity index (χ1v) is 5.53. The Kier molecular flexibility index (Phi) is 6.20. The fourth-order valence-corrected chi connectivity index (χ4v) is 1.30. The van der Waals surface area contributed by atoms with E-state index in [1.54, 1.807) is 16.9 Å². The van der Waals surface area contributed by atoms with Gasteiger partial charge >= 0.3 is 0 Å². The lowest BCUT2D eigenvalue weighted by Gasteiger charge is -2.17. The summed E-state index contributed by atoms with van der Waals surface area (Å²) in [6.45, 7) is 7.66. The number of carbonyl (C=O) groups is 1. The monoisotopic (exact) mass is 260 g/mol. The van der Waals surface area contributed by atoms with E-state index in [-0.39, 0.29) is 36.3 Å². The summed E-state index contributed by atoms with van der Waals surface area (Å²) in [6.07, 6.45) is 1.67. The summed E-state index contributed by atoms with van der Waals surface area (Å²) in [6, 6.07) is 1.84. The van der Waals surface area contributed by atoms with E-state index >= 15 is 0 Å². The van der Waals surface area contributed by atoms with Crippen molar-refractivity contribution in [3.63, 3.8) is 0 Å². The summed E-state index contributed by atoms with van der Waals surface area (Å²) < 4.78 is 1.77. The van der Waals surface area contributed by atoms with Gasteiger partial charge in [0.2, 0.25) is 5.91 Å². The maximum absolute atomic E-state index is 11.8. The zero-order valence-electron chi connectivity index (χ0n) is 10.7. The highest BCUT2D eigenvalue weighted by Gasteiger charge is 2.18. The highest BCUT2D eigenvalue weighted by Crippen LogP contribution is 2.14. The average Bonchev–Trinajstić information content (AvgIpc) is 2.64. The first kappa shape index (κ1) is 15.9. The van der Waals surface area contributed by atoms with E-state index in [0.29, 0.717) is 5.82 Å². The molecule has 1 amide bonds. The number of rotatable bonds is 4. The summed E-state index contributed by atoms with van der Waals surface area (Å²) in [5.41, 5.74) is 5.68. The maximum Gasteiger partial charge on any atom is 0.229 e. The molecule has 0 bridgehead atoms. The van der Waals surface area contributed by atoms with Gasteiger partial charge in [-0.1, -0.05) is 6.92 Å². The minimum absolute atomic E-state index is 0. The first-order chi connectivity index (χ1) is 7.43. The Morgan fingerprint density at radius 2 is 2.00 bits per heavy atom. The molecule has 0 aliphatic heterocycles. The number of anilines is 1. The number of amides is 1. The largest absolute Gasteiger partial charge is 0.327 e. The molecule has 6 heteroatoms. The third kappa shape index (κ3) is 4.02. The molecule has 0 fully saturated rings. The SMILES string of the molecule is CC(N)C(C)C(=O)Nc1ccnn1C(C)C.Cl. The predicted octanol–water partition coefficient (Wildman–Crippen LogP) is 1.81. The Morgan fingerprint density at radius 3 is 2.47 bits per heavy atom. The Balaban J connectivity index is 0.00000256. The van der Waals surface area contributed by atoms with Gasteiger partial charge in [0, 0.05) is 18.2 Å². The standard InChI is InChI=1S/C11H20N4O.ClH/c1-7(2)15-10(5-6-13-15)14-11(16)8(3)9(4)12;/h5-9H,12H2,1-4H3,(H,14,16);1H. The van der Waals surface area contributed by atoms with Gasteiger partial charge < -0.3 is 11.1 Å². The Labute approximate surface area is 108 Å². The molecule has 2 unspecified atom stereocenters. The molecule has 0 aliphatic carbocycles. The molecule has 17 heavy (non-hydrogen) atoms. The van der Waals surface area contributed by atoms with Crippen LogP contribution in [0.5, 0.6) is 0 Å². The molecular formula is C11H21ClN4O. The van der Waals surface area contributed by atoms with Crippen molar-refractivity contribution < 1.29 is 4.79 Å².